The van der Waals surface area contributed by atoms with Gasteiger partial charge in [0.25, 0.3) is 5.69 Å². The van der Waals surface area contributed by atoms with E-state index < -0.39 is 4.92 Å². The zero-order valence-corrected chi connectivity index (χ0v) is 17.1. The zero-order chi connectivity index (χ0) is 21.0. The third kappa shape index (κ3) is 4.84. The fourth-order valence-corrected chi connectivity index (χ4v) is 4.27. The number of nitrogens with zero attached hydrogens (tertiary/aromatic N) is 5. The highest BCUT2D eigenvalue weighted by molar-refractivity contribution is 8.00. The Morgan fingerprint density at radius 2 is 1.90 bits per heavy atom. The molecule has 0 N–H and O–H groups in total. The zero-order valence-electron chi connectivity index (χ0n) is 16.3. The molecule has 0 aliphatic carbocycles. The van der Waals surface area contributed by atoms with Crippen molar-refractivity contribution >= 4 is 29.0 Å². The molecule has 1 saturated heterocycles. The third-order valence-corrected chi connectivity index (χ3v) is 5.77. The van der Waals surface area contributed by atoms with Crippen LogP contribution in [0, 0.1) is 35.3 Å². The topological polar surface area (TPSA) is 103 Å². The number of pyridine rings is 1. The summed E-state index contributed by atoms with van der Waals surface area (Å²) in [5, 5.41) is 20.7. The lowest BCUT2D eigenvalue weighted by Gasteiger charge is -2.36. The maximum absolute atomic E-state index is 12.6. The average Bonchev–Trinajstić information content (AvgIpc) is 2.72. The van der Waals surface area contributed by atoms with Gasteiger partial charge in [0.15, 0.2) is 0 Å². The lowest BCUT2D eigenvalue weighted by molar-refractivity contribution is -0.384. The lowest BCUT2D eigenvalue weighted by atomic mass is 10.1. The molecule has 1 aromatic carbocycles. The van der Waals surface area contributed by atoms with E-state index in [0.29, 0.717) is 36.8 Å². The number of anilines is 1. The number of non-ortho nitro benzene ring substituents is 1. The van der Waals surface area contributed by atoms with Crippen LogP contribution in [0.1, 0.15) is 16.8 Å². The van der Waals surface area contributed by atoms with Crippen molar-refractivity contribution in [1.29, 1.82) is 5.26 Å². The van der Waals surface area contributed by atoms with Gasteiger partial charge in [-0.05, 0) is 37.6 Å². The van der Waals surface area contributed by atoms with Crippen LogP contribution < -0.4 is 4.90 Å². The maximum atomic E-state index is 12.6. The molecule has 150 valence electrons. The van der Waals surface area contributed by atoms with E-state index in [0.717, 1.165) is 16.9 Å². The van der Waals surface area contributed by atoms with E-state index in [-0.39, 0.29) is 17.3 Å². The number of amides is 1. The van der Waals surface area contributed by atoms with Crippen LogP contribution in [0.5, 0.6) is 0 Å². The molecule has 0 saturated carbocycles. The second-order valence-electron chi connectivity index (χ2n) is 6.80. The summed E-state index contributed by atoms with van der Waals surface area (Å²) in [6.45, 7) is 6.25. The molecule has 3 rings (SSSR count). The molecule has 1 aliphatic heterocycles. The van der Waals surface area contributed by atoms with Crippen LogP contribution in [-0.2, 0) is 4.79 Å². The van der Waals surface area contributed by atoms with Crippen LogP contribution in [-0.4, -0.2) is 52.6 Å². The fourth-order valence-electron chi connectivity index (χ4n) is 3.26. The van der Waals surface area contributed by atoms with Gasteiger partial charge in [-0.25, -0.2) is 4.98 Å². The second kappa shape index (κ2) is 8.92. The Kier molecular flexibility index (Phi) is 6.34. The Morgan fingerprint density at radius 1 is 1.24 bits per heavy atom. The van der Waals surface area contributed by atoms with Gasteiger partial charge in [-0.3, -0.25) is 14.9 Å². The van der Waals surface area contributed by atoms with Crippen LogP contribution in [0.3, 0.4) is 0 Å². The summed E-state index contributed by atoms with van der Waals surface area (Å²) < 4.78 is 0. The average molecular weight is 411 g/mol. The molecule has 29 heavy (non-hydrogen) atoms. The van der Waals surface area contributed by atoms with Crippen LogP contribution in [0.15, 0.2) is 35.4 Å². The Balaban J connectivity index is 1.55. The van der Waals surface area contributed by atoms with Crippen LogP contribution in [0.4, 0.5) is 11.4 Å². The minimum atomic E-state index is -0.416. The minimum absolute atomic E-state index is 0.0169. The van der Waals surface area contributed by atoms with Crippen molar-refractivity contribution in [3.63, 3.8) is 0 Å². The first-order valence-corrected chi connectivity index (χ1v) is 10.2. The molecule has 0 unspecified atom stereocenters. The largest absolute Gasteiger partial charge is 0.368 e. The molecule has 1 amide bonds. The van der Waals surface area contributed by atoms with Gasteiger partial charge in [0.05, 0.1) is 16.2 Å². The Bertz CT molecular complexity index is 963. The number of carbonyl (C=O) groups is 1. The second-order valence-corrected chi connectivity index (χ2v) is 7.77. The summed E-state index contributed by atoms with van der Waals surface area (Å²) in [5.74, 6) is 0.255. The number of hydrogen-bond acceptors (Lipinski definition) is 7. The molecule has 1 fully saturated rings. The third-order valence-electron chi connectivity index (χ3n) is 4.81. The highest BCUT2D eigenvalue weighted by Crippen LogP contribution is 2.25. The minimum Gasteiger partial charge on any atom is -0.368 e. The molecule has 0 bridgehead atoms. The van der Waals surface area contributed by atoms with Gasteiger partial charge in [-0.1, -0.05) is 11.8 Å². The first-order chi connectivity index (χ1) is 13.9. The standard InChI is InChI=1S/C20H21N5O3S/c1-14-11-15(2)22-20(18(14)12-21)29-13-19(26)24-9-7-23(8-10-24)16-3-5-17(6-4-16)25(27)28/h3-6,11H,7-10,13H2,1-2H3. The van der Waals surface area contributed by atoms with Gasteiger partial charge in [-0.2, -0.15) is 5.26 Å². The van der Waals surface area contributed by atoms with Crippen molar-refractivity contribution < 1.29 is 9.72 Å². The number of nitro groups is 1. The summed E-state index contributed by atoms with van der Waals surface area (Å²) in [7, 11) is 0. The van der Waals surface area contributed by atoms with Crippen LogP contribution >= 0.6 is 11.8 Å². The van der Waals surface area contributed by atoms with Crippen LogP contribution in [0.2, 0.25) is 0 Å². The Morgan fingerprint density at radius 3 is 2.48 bits per heavy atom. The van der Waals surface area contributed by atoms with Crippen molar-refractivity contribution in [1.82, 2.24) is 9.88 Å². The monoisotopic (exact) mass is 411 g/mol. The van der Waals surface area contributed by atoms with E-state index >= 15 is 0 Å². The van der Waals surface area contributed by atoms with Crippen molar-refractivity contribution in [2.75, 3.05) is 36.8 Å². The Hall–Kier alpha value is -3.12. The number of nitriles is 1. The number of carbonyl (C=O) groups excluding carboxylic acids is 1. The van der Waals surface area contributed by atoms with E-state index in [2.05, 4.69) is 16.0 Å². The summed E-state index contributed by atoms with van der Waals surface area (Å²) >= 11 is 1.30. The summed E-state index contributed by atoms with van der Waals surface area (Å²) in [5.41, 5.74) is 3.20. The van der Waals surface area contributed by atoms with E-state index in [1.54, 1.807) is 12.1 Å². The summed E-state index contributed by atoms with van der Waals surface area (Å²) in [4.78, 5) is 31.3. The number of aryl methyl sites for hydroxylation is 2. The number of piperazine rings is 1. The highest BCUT2D eigenvalue weighted by Gasteiger charge is 2.22. The molecule has 2 aromatic rings. The van der Waals surface area contributed by atoms with Crippen LogP contribution in [0.25, 0.3) is 0 Å². The molecule has 9 heteroatoms. The number of nitro benzene ring substituents is 1. The first kappa shape index (κ1) is 20.6. The van der Waals surface area contributed by atoms with Crippen molar-refractivity contribution in [3.8, 4) is 6.07 Å². The highest BCUT2D eigenvalue weighted by atomic mass is 32.2. The normalized spacial score (nSPS) is 13.8. The quantitative estimate of drug-likeness (QED) is 0.423. The van der Waals surface area contributed by atoms with E-state index in [1.165, 1.54) is 23.9 Å². The van der Waals surface area contributed by atoms with Crippen molar-refractivity contribution in [3.05, 3.63) is 57.3 Å². The lowest BCUT2D eigenvalue weighted by Crippen LogP contribution is -2.49. The van der Waals surface area contributed by atoms with E-state index in [9.17, 15) is 20.2 Å². The molecule has 2 heterocycles. The SMILES string of the molecule is Cc1cc(C)c(C#N)c(SCC(=O)N2CCN(c3ccc([N+](=O)[O-])cc3)CC2)n1. The van der Waals surface area contributed by atoms with Gasteiger partial charge in [0.1, 0.15) is 11.1 Å². The summed E-state index contributed by atoms with van der Waals surface area (Å²) in [6, 6.07) is 10.5. The van der Waals surface area contributed by atoms with Crippen molar-refractivity contribution in [2.24, 2.45) is 0 Å². The Labute approximate surface area is 173 Å². The van der Waals surface area contributed by atoms with Gasteiger partial charge in [-0.15, -0.1) is 0 Å². The predicted molar refractivity (Wildman–Crippen MR) is 111 cm³/mol. The van der Waals surface area contributed by atoms with Gasteiger partial charge in [0.2, 0.25) is 5.91 Å². The molecular formula is C20H21N5O3S. The molecule has 0 spiro atoms. The van der Waals surface area contributed by atoms with E-state index in [1.807, 2.05) is 24.8 Å². The number of aromatic nitrogens is 1. The molecular weight excluding hydrogens is 390 g/mol. The molecule has 0 radical (unpaired) electrons. The van der Waals surface area contributed by atoms with Crippen molar-refractivity contribution in [2.45, 2.75) is 18.9 Å². The van der Waals surface area contributed by atoms with Gasteiger partial charge in [0, 0.05) is 49.7 Å². The number of benzene rings is 1. The molecule has 8 nitrogen and oxygen atoms in total. The number of rotatable bonds is 5. The van der Waals surface area contributed by atoms with Gasteiger partial charge >= 0.3 is 0 Å². The maximum Gasteiger partial charge on any atom is 0.269 e. The molecule has 1 aromatic heterocycles. The molecule has 0 atom stereocenters. The summed E-state index contributed by atoms with van der Waals surface area (Å²) in [6.07, 6.45) is 0. The number of thioether (sulfide) groups is 1. The predicted octanol–water partition coefficient (Wildman–Crippen LogP) is 2.92. The smallest absolute Gasteiger partial charge is 0.269 e. The van der Waals surface area contributed by atoms with Gasteiger partial charge < -0.3 is 9.80 Å². The van der Waals surface area contributed by atoms with E-state index in [4.69, 9.17) is 0 Å². The fraction of sp³-hybridized carbons (Fsp3) is 0.350. The molecule has 1 aliphatic rings. The first-order valence-electron chi connectivity index (χ1n) is 9.17. The number of hydrogen-bond donors (Lipinski definition) is 0.